The number of sulfonamides is 2. The Morgan fingerprint density at radius 3 is 2.16 bits per heavy atom. The Kier molecular flexibility index (Phi) is 10.3. The molecule has 10 nitrogen and oxygen atoms in total. The van der Waals surface area contributed by atoms with Crippen molar-refractivity contribution in [2.75, 3.05) is 31.5 Å². The van der Waals surface area contributed by atoms with Crippen molar-refractivity contribution in [2.45, 2.75) is 42.2 Å². The zero-order valence-corrected chi connectivity index (χ0v) is 26.9. The molecule has 0 bridgehead atoms. The Bertz CT molecular complexity index is 1670. The fraction of sp³-hybridized carbons (Fsp3) is 0.345. The molecule has 3 aromatic rings. The van der Waals surface area contributed by atoms with Crippen LogP contribution in [0, 0.1) is 5.92 Å². The second kappa shape index (κ2) is 13.4. The third-order valence-corrected chi connectivity index (χ3v) is 11.0. The maximum atomic E-state index is 13.5. The average Bonchev–Trinajstić information content (AvgIpc) is 3.00. The van der Waals surface area contributed by atoms with Crippen molar-refractivity contribution in [3.05, 3.63) is 82.3 Å². The van der Waals surface area contributed by atoms with Crippen molar-refractivity contribution in [3.8, 4) is 5.75 Å². The number of aliphatic hydroxyl groups excluding tert-OH is 1. The molecular formula is C29H33Cl2N3O7S2. The van der Waals surface area contributed by atoms with Crippen molar-refractivity contribution in [1.29, 1.82) is 0 Å². The summed E-state index contributed by atoms with van der Waals surface area (Å²) in [5, 5.41) is 10.7. The molecule has 3 aromatic carbocycles. The lowest BCUT2D eigenvalue weighted by atomic mass is 10.0. The molecule has 3 atom stereocenters. The molecule has 2 N–H and O–H groups in total. The van der Waals surface area contributed by atoms with Crippen LogP contribution >= 0.6 is 23.2 Å². The maximum absolute atomic E-state index is 13.5. The second-order valence-electron chi connectivity index (χ2n) is 10.5. The SMILES string of the molecule is C[C@@H]1CN([C@H](C)CO)C(=O)Cc2cc(NS(=O)(=O)c3ccc(Cl)cc3)ccc2O[C@H]1CN(C)S(=O)(=O)c1ccc(Cl)cc1. The lowest BCUT2D eigenvalue weighted by molar-refractivity contribution is -0.134. The summed E-state index contributed by atoms with van der Waals surface area (Å²) in [6.45, 7) is 3.43. The van der Waals surface area contributed by atoms with Gasteiger partial charge in [-0.15, -0.1) is 0 Å². The number of nitrogens with zero attached hydrogens (tertiary/aromatic N) is 2. The Labute approximate surface area is 262 Å². The van der Waals surface area contributed by atoms with Crippen LogP contribution in [0.25, 0.3) is 0 Å². The van der Waals surface area contributed by atoms with Gasteiger partial charge in [-0.3, -0.25) is 9.52 Å². The number of benzene rings is 3. The molecule has 0 aromatic heterocycles. The second-order valence-corrected chi connectivity index (χ2v) is 15.1. The highest BCUT2D eigenvalue weighted by molar-refractivity contribution is 7.92. The fourth-order valence-corrected chi connectivity index (χ4v) is 7.16. The summed E-state index contributed by atoms with van der Waals surface area (Å²) in [5.74, 6) is -0.330. The highest BCUT2D eigenvalue weighted by Gasteiger charge is 2.33. The van der Waals surface area contributed by atoms with Crippen LogP contribution in [0.2, 0.25) is 10.0 Å². The molecule has 1 aliphatic heterocycles. The minimum Gasteiger partial charge on any atom is -0.488 e. The molecule has 1 amide bonds. The number of carbonyl (C=O) groups is 1. The number of likely N-dealkylation sites (N-methyl/N-ethyl adjacent to an activating group) is 1. The number of nitrogens with one attached hydrogen (secondary N) is 1. The Balaban J connectivity index is 1.68. The summed E-state index contributed by atoms with van der Waals surface area (Å²) in [4.78, 5) is 15.1. The van der Waals surface area contributed by atoms with Gasteiger partial charge in [0.25, 0.3) is 10.0 Å². The first kappa shape index (κ1) is 33.0. The number of fused-ring (bicyclic) bond motifs is 1. The molecule has 0 radical (unpaired) electrons. The number of amides is 1. The van der Waals surface area contributed by atoms with Crippen LogP contribution in [0.3, 0.4) is 0 Å². The van der Waals surface area contributed by atoms with Crippen LogP contribution in [0.4, 0.5) is 5.69 Å². The predicted molar refractivity (Wildman–Crippen MR) is 166 cm³/mol. The Morgan fingerprint density at radius 2 is 1.58 bits per heavy atom. The van der Waals surface area contributed by atoms with Crippen molar-refractivity contribution in [2.24, 2.45) is 5.92 Å². The lowest BCUT2D eigenvalue weighted by Gasteiger charge is -2.33. The molecule has 232 valence electrons. The van der Waals surface area contributed by atoms with E-state index in [0.717, 1.165) is 0 Å². The van der Waals surface area contributed by atoms with Gasteiger partial charge in [-0.2, -0.15) is 4.31 Å². The van der Waals surface area contributed by atoms with Gasteiger partial charge in [-0.1, -0.05) is 30.1 Å². The van der Waals surface area contributed by atoms with Gasteiger partial charge in [-0.25, -0.2) is 16.8 Å². The first-order valence-electron chi connectivity index (χ1n) is 13.4. The molecular weight excluding hydrogens is 637 g/mol. The molecule has 0 fully saturated rings. The zero-order valence-electron chi connectivity index (χ0n) is 23.8. The standard InChI is InChI=1S/C29H33Cl2N3O7S2/c1-19-16-34(20(2)18-35)29(36)15-21-14-24(32-42(37,38)25-9-4-22(30)5-10-25)8-13-27(21)41-28(19)17-33(3)43(39,40)26-11-6-23(31)7-12-26/h4-14,19-20,28,32,35H,15-18H2,1-3H3/t19-,20-,28+/m1/s1. The molecule has 14 heteroatoms. The highest BCUT2D eigenvalue weighted by Crippen LogP contribution is 2.31. The van der Waals surface area contributed by atoms with Crippen LogP contribution < -0.4 is 9.46 Å². The Hall–Kier alpha value is -2.87. The molecule has 0 saturated heterocycles. The summed E-state index contributed by atoms with van der Waals surface area (Å²) in [6.07, 6.45) is -0.837. The molecule has 43 heavy (non-hydrogen) atoms. The van der Waals surface area contributed by atoms with Crippen molar-refractivity contribution < 1.29 is 31.5 Å². The number of hydrogen-bond donors (Lipinski definition) is 2. The first-order valence-corrected chi connectivity index (χ1v) is 17.1. The molecule has 0 saturated carbocycles. The topological polar surface area (TPSA) is 133 Å². The first-order chi connectivity index (χ1) is 20.2. The molecule has 1 aliphatic rings. The largest absolute Gasteiger partial charge is 0.488 e. The molecule has 0 spiro atoms. The van der Waals surface area contributed by atoms with E-state index in [-0.39, 0.29) is 53.4 Å². The number of ether oxygens (including phenoxy) is 1. The van der Waals surface area contributed by atoms with E-state index in [2.05, 4.69) is 4.72 Å². The van der Waals surface area contributed by atoms with Gasteiger partial charge in [0, 0.05) is 40.8 Å². The monoisotopic (exact) mass is 669 g/mol. The van der Waals surface area contributed by atoms with E-state index in [1.165, 1.54) is 76.9 Å². The molecule has 0 aliphatic carbocycles. The van der Waals surface area contributed by atoms with Gasteiger partial charge in [-0.05, 0) is 73.7 Å². The van der Waals surface area contributed by atoms with E-state index in [4.69, 9.17) is 27.9 Å². The number of carbonyl (C=O) groups excluding carboxylic acids is 1. The average molecular weight is 671 g/mol. The smallest absolute Gasteiger partial charge is 0.261 e. The summed E-state index contributed by atoms with van der Waals surface area (Å²) in [5.41, 5.74) is 0.608. The minimum atomic E-state index is -3.96. The van der Waals surface area contributed by atoms with Gasteiger partial charge in [0.2, 0.25) is 15.9 Å². The minimum absolute atomic E-state index is 0.00883. The van der Waals surface area contributed by atoms with Gasteiger partial charge < -0.3 is 14.7 Å². The van der Waals surface area contributed by atoms with E-state index < -0.39 is 32.2 Å². The van der Waals surface area contributed by atoms with Gasteiger partial charge in [0.05, 0.1) is 35.4 Å². The van der Waals surface area contributed by atoms with E-state index >= 15 is 0 Å². The zero-order chi connectivity index (χ0) is 31.5. The Morgan fingerprint density at radius 1 is 1.00 bits per heavy atom. The number of halogens is 2. The molecule has 0 unspecified atom stereocenters. The summed E-state index contributed by atoms with van der Waals surface area (Å²) >= 11 is 11.8. The summed E-state index contributed by atoms with van der Waals surface area (Å²) < 4.78 is 62.7. The van der Waals surface area contributed by atoms with Gasteiger partial charge in [0.15, 0.2) is 0 Å². The van der Waals surface area contributed by atoms with Crippen molar-refractivity contribution in [3.63, 3.8) is 0 Å². The quantitative estimate of drug-likeness (QED) is 0.348. The maximum Gasteiger partial charge on any atom is 0.261 e. The van der Waals surface area contributed by atoms with Crippen LogP contribution in [-0.2, 0) is 31.3 Å². The molecule has 4 rings (SSSR count). The van der Waals surface area contributed by atoms with E-state index in [1.807, 2.05) is 6.92 Å². The van der Waals surface area contributed by atoms with Gasteiger partial charge in [0.1, 0.15) is 11.9 Å². The highest BCUT2D eigenvalue weighted by atomic mass is 35.5. The normalized spacial score (nSPS) is 18.7. The van der Waals surface area contributed by atoms with E-state index in [9.17, 15) is 26.7 Å². The number of anilines is 1. The molecule has 1 heterocycles. The number of hydrogen-bond acceptors (Lipinski definition) is 7. The fourth-order valence-electron chi connectivity index (χ4n) is 4.68. The lowest BCUT2D eigenvalue weighted by Crippen LogP contribution is -2.48. The van der Waals surface area contributed by atoms with Crippen LogP contribution in [-0.4, -0.2) is 75.9 Å². The van der Waals surface area contributed by atoms with Crippen LogP contribution in [0.5, 0.6) is 5.75 Å². The van der Waals surface area contributed by atoms with Crippen molar-refractivity contribution >= 4 is 54.8 Å². The number of aliphatic hydroxyl groups is 1. The van der Waals surface area contributed by atoms with Gasteiger partial charge >= 0.3 is 0 Å². The summed E-state index contributed by atoms with van der Waals surface area (Å²) in [7, 11) is -6.41. The third kappa shape index (κ3) is 7.81. The predicted octanol–water partition coefficient (Wildman–Crippen LogP) is 4.26. The summed E-state index contributed by atoms with van der Waals surface area (Å²) in [6, 6.07) is 15.6. The van der Waals surface area contributed by atoms with Crippen LogP contribution in [0.15, 0.2) is 76.5 Å². The van der Waals surface area contributed by atoms with E-state index in [0.29, 0.717) is 21.4 Å². The van der Waals surface area contributed by atoms with E-state index in [1.54, 1.807) is 13.0 Å². The van der Waals surface area contributed by atoms with Crippen LogP contribution in [0.1, 0.15) is 19.4 Å². The van der Waals surface area contributed by atoms with Crippen molar-refractivity contribution in [1.82, 2.24) is 9.21 Å². The third-order valence-electron chi connectivity index (χ3n) is 7.25. The number of rotatable bonds is 9.